The Morgan fingerprint density at radius 3 is 2.19 bits per heavy atom. The lowest BCUT2D eigenvalue weighted by atomic mass is 10.1. The van der Waals surface area contributed by atoms with Crippen LogP contribution in [0.2, 0.25) is 0 Å². The smallest absolute Gasteiger partial charge is 0.219 e. The molecule has 0 bridgehead atoms. The molecule has 0 aliphatic rings. The van der Waals surface area contributed by atoms with Gasteiger partial charge < -0.3 is 11.1 Å². The van der Waals surface area contributed by atoms with Crippen LogP contribution in [0.5, 0.6) is 0 Å². The largest absolute Gasteiger partial charge is 0.370 e. The van der Waals surface area contributed by atoms with Gasteiger partial charge in [0.15, 0.2) is 0 Å². The van der Waals surface area contributed by atoms with Gasteiger partial charge >= 0.3 is 0 Å². The molecule has 0 aliphatic heterocycles. The Bertz CT molecular complexity index is 205. The summed E-state index contributed by atoms with van der Waals surface area (Å²) in [6.45, 7) is 2.89. The summed E-state index contributed by atoms with van der Waals surface area (Å²) in [5.74, 6) is -0.0966. The predicted octanol–water partition coefficient (Wildman–Crippen LogP) is 1.73. The van der Waals surface area contributed by atoms with Crippen LogP contribution in [0.15, 0.2) is 0 Å². The van der Waals surface area contributed by atoms with Crippen molar-refractivity contribution in [2.24, 2.45) is 5.73 Å². The van der Waals surface area contributed by atoms with E-state index in [2.05, 4.69) is 12.2 Å². The van der Waals surface area contributed by atoms with Gasteiger partial charge in [-0.3, -0.25) is 9.59 Å². The summed E-state index contributed by atoms with van der Waals surface area (Å²) in [6, 6.07) is 0. The minimum Gasteiger partial charge on any atom is -0.370 e. The molecular weight excluding hydrogens is 204 g/mol. The summed E-state index contributed by atoms with van der Waals surface area (Å²) >= 11 is 0. The predicted molar refractivity (Wildman–Crippen MR) is 64.8 cm³/mol. The van der Waals surface area contributed by atoms with E-state index in [1.165, 1.54) is 0 Å². The summed E-state index contributed by atoms with van der Waals surface area (Å²) in [5.41, 5.74) is 5.02. The molecule has 0 heterocycles. The van der Waals surface area contributed by atoms with E-state index < -0.39 is 0 Å². The van der Waals surface area contributed by atoms with Gasteiger partial charge in [-0.15, -0.1) is 0 Å². The number of hydrogen-bond acceptors (Lipinski definition) is 2. The Morgan fingerprint density at radius 1 is 1.00 bits per heavy atom. The molecule has 0 saturated heterocycles. The molecule has 0 aromatic carbocycles. The standard InChI is InChI=1S/C12H24N2O2/c1-2-3-10-14-12(16)9-7-5-4-6-8-11(13)15/h2-10H2,1H3,(H2,13,15)(H,14,16). The highest BCUT2D eigenvalue weighted by Crippen LogP contribution is 2.04. The average Bonchev–Trinajstić information content (AvgIpc) is 2.23. The molecule has 0 aromatic heterocycles. The Labute approximate surface area is 98.0 Å². The molecule has 0 saturated carbocycles. The lowest BCUT2D eigenvalue weighted by Crippen LogP contribution is -2.23. The second-order valence-electron chi connectivity index (χ2n) is 4.08. The minimum atomic E-state index is -0.239. The van der Waals surface area contributed by atoms with Crippen molar-refractivity contribution in [2.75, 3.05) is 6.54 Å². The molecule has 0 atom stereocenters. The zero-order chi connectivity index (χ0) is 12.2. The first kappa shape index (κ1) is 14.9. The van der Waals surface area contributed by atoms with Crippen LogP contribution in [0.1, 0.15) is 58.3 Å². The van der Waals surface area contributed by atoms with Crippen molar-refractivity contribution in [3.05, 3.63) is 0 Å². The zero-order valence-electron chi connectivity index (χ0n) is 10.3. The number of carbonyl (C=O) groups is 2. The maximum Gasteiger partial charge on any atom is 0.219 e. The summed E-state index contributed by atoms with van der Waals surface area (Å²) < 4.78 is 0. The van der Waals surface area contributed by atoms with Crippen molar-refractivity contribution in [1.82, 2.24) is 5.32 Å². The molecule has 0 aliphatic carbocycles. The van der Waals surface area contributed by atoms with E-state index in [0.717, 1.165) is 45.1 Å². The maximum absolute atomic E-state index is 11.3. The monoisotopic (exact) mass is 228 g/mol. The van der Waals surface area contributed by atoms with E-state index in [1.54, 1.807) is 0 Å². The van der Waals surface area contributed by atoms with Crippen molar-refractivity contribution in [3.63, 3.8) is 0 Å². The Kier molecular flexibility index (Phi) is 9.76. The molecule has 4 heteroatoms. The first-order chi connectivity index (χ1) is 7.66. The highest BCUT2D eigenvalue weighted by Gasteiger charge is 2.00. The van der Waals surface area contributed by atoms with Gasteiger partial charge in [-0.2, -0.15) is 0 Å². The number of rotatable bonds is 10. The van der Waals surface area contributed by atoms with Gasteiger partial charge in [0.25, 0.3) is 0 Å². The molecular formula is C12H24N2O2. The van der Waals surface area contributed by atoms with Gasteiger partial charge in [0.1, 0.15) is 0 Å². The molecule has 94 valence electrons. The number of carbonyl (C=O) groups excluding carboxylic acids is 2. The van der Waals surface area contributed by atoms with Gasteiger partial charge in [-0.25, -0.2) is 0 Å². The third-order valence-electron chi connectivity index (χ3n) is 2.43. The van der Waals surface area contributed by atoms with Crippen LogP contribution in [0, 0.1) is 0 Å². The van der Waals surface area contributed by atoms with Gasteiger partial charge in [-0.1, -0.05) is 26.2 Å². The van der Waals surface area contributed by atoms with Crippen molar-refractivity contribution >= 4 is 11.8 Å². The summed E-state index contributed by atoms with van der Waals surface area (Å²) in [6.07, 6.45) is 6.92. The van der Waals surface area contributed by atoms with Crippen LogP contribution in [0.4, 0.5) is 0 Å². The SMILES string of the molecule is CCCCNC(=O)CCCCCCC(N)=O. The first-order valence-electron chi connectivity index (χ1n) is 6.21. The molecule has 0 unspecified atom stereocenters. The van der Waals surface area contributed by atoms with Gasteiger partial charge in [0.2, 0.25) is 11.8 Å². The van der Waals surface area contributed by atoms with Crippen LogP contribution in [-0.2, 0) is 9.59 Å². The lowest BCUT2D eigenvalue weighted by molar-refractivity contribution is -0.121. The summed E-state index contributed by atoms with van der Waals surface area (Å²) in [7, 11) is 0. The van der Waals surface area contributed by atoms with Crippen LogP contribution in [-0.4, -0.2) is 18.4 Å². The van der Waals surface area contributed by atoms with E-state index in [4.69, 9.17) is 5.73 Å². The van der Waals surface area contributed by atoms with Crippen LogP contribution in [0.3, 0.4) is 0 Å². The average molecular weight is 228 g/mol. The fourth-order valence-corrected chi connectivity index (χ4v) is 1.43. The minimum absolute atomic E-state index is 0.142. The normalized spacial score (nSPS) is 10.1. The fourth-order valence-electron chi connectivity index (χ4n) is 1.43. The summed E-state index contributed by atoms with van der Waals surface area (Å²) in [4.78, 5) is 21.7. The fraction of sp³-hybridized carbons (Fsp3) is 0.833. The van der Waals surface area contributed by atoms with E-state index in [0.29, 0.717) is 12.8 Å². The lowest BCUT2D eigenvalue weighted by Gasteiger charge is -2.03. The van der Waals surface area contributed by atoms with Crippen molar-refractivity contribution in [1.29, 1.82) is 0 Å². The zero-order valence-corrected chi connectivity index (χ0v) is 10.3. The van der Waals surface area contributed by atoms with Crippen molar-refractivity contribution in [3.8, 4) is 0 Å². The number of unbranched alkanes of at least 4 members (excludes halogenated alkanes) is 4. The van der Waals surface area contributed by atoms with E-state index in [-0.39, 0.29) is 11.8 Å². The highest BCUT2D eigenvalue weighted by molar-refractivity contribution is 5.75. The van der Waals surface area contributed by atoms with Crippen molar-refractivity contribution in [2.45, 2.75) is 58.3 Å². The van der Waals surface area contributed by atoms with E-state index in [1.807, 2.05) is 0 Å². The Balaban J connectivity index is 3.18. The Morgan fingerprint density at radius 2 is 1.62 bits per heavy atom. The van der Waals surface area contributed by atoms with Crippen LogP contribution >= 0.6 is 0 Å². The van der Waals surface area contributed by atoms with Gasteiger partial charge in [0.05, 0.1) is 0 Å². The first-order valence-corrected chi connectivity index (χ1v) is 6.21. The quantitative estimate of drug-likeness (QED) is 0.559. The second-order valence-corrected chi connectivity index (χ2v) is 4.08. The second kappa shape index (κ2) is 10.5. The molecule has 4 nitrogen and oxygen atoms in total. The third kappa shape index (κ3) is 11.0. The maximum atomic E-state index is 11.3. The highest BCUT2D eigenvalue weighted by atomic mass is 16.1. The van der Waals surface area contributed by atoms with Crippen molar-refractivity contribution < 1.29 is 9.59 Å². The van der Waals surface area contributed by atoms with Crippen LogP contribution in [0.25, 0.3) is 0 Å². The molecule has 0 radical (unpaired) electrons. The summed E-state index contributed by atoms with van der Waals surface area (Å²) in [5, 5.41) is 2.88. The number of nitrogens with one attached hydrogen (secondary N) is 1. The number of amides is 2. The number of hydrogen-bond donors (Lipinski definition) is 2. The third-order valence-corrected chi connectivity index (χ3v) is 2.43. The van der Waals surface area contributed by atoms with Gasteiger partial charge in [0, 0.05) is 19.4 Å². The molecule has 0 rings (SSSR count). The number of nitrogens with two attached hydrogens (primary N) is 1. The van der Waals surface area contributed by atoms with Crippen LogP contribution < -0.4 is 11.1 Å². The van der Waals surface area contributed by atoms with E-state index >= 15 is 0 Å². The molecule has 3 N–H and O–H groups in total. The molecule has 16 heavy (non-hydrogen) atoms. The van der Waals surface area contributed by atoms with E-state index in [9.17, 15) is 9.59 Å². The number of primary amides is 1. The Hall–Kier alpha value is -1.06. The van der Waals surface area contributed by atoms with Gasteiger partial charge in [-0.05, 0) is 19.3 Å². The topological polar surface area (TPSA) is 72.2 Å². The molecule has 0 fully saturated rings. The molecule has 2 amide bonds. The molecule has 0 spiro atoms. The molecule has 0 aromatic rings.